The number of carboxylic acids is 1. The first kappa shape index (κ1) is 9.79. The molecular weight excluding hydrogens is 178 g/mol. The third kappa shape index (κ3) is 1.89. The molecule has 0 radical (unpaired) electrons. The summed E-state index contributed by atoms with van der Waals surface area (Å²) < 4.78 is 4.88. The molecule has 74 valence electrons. The van der Waals surface area contributed by atoms with Gasteiger partial charge in [0.05, 0.1) is 12.6 Å². The number of amides is 1. The van der Waals surface area contributed by atoms with E-state index in [4.69, 9.17) is 14.9 Å². The Morgan fingerprint density at radius 2 is 2.00 bits per heavy atom. The smallest absolute Gasteiger partial charge is 0.407 e. The first-order valence-corrected chi connectivity index (χ1v) is 3.79. The van der Waals surface area contributed by atoms with E-state index in [1.165, 1.54) is 7.11 Å². The molecule has 0 bridgehead atoms. The first-order chi connectivity index (χ1) is 6.06. The maximum Gasteiger partial charge on any atom is 0.407 e. The van der Waals surface area contributed by atoms with E-state index in [9.17, 15) is 9.59 Å². The Morgan fingerprint density at radius 1 is 1.38 bits per heavy atom. The Bertz CT molecular complexity index is 229. The SMILES string of the molecule is CO[C@H]1CN(C(=O)O)CC1C(=O)O. The van der Waals surface area contributed by atoms with E-state index in [0.29, 0.717) is 0 Å². The second-order valence-electron chi connectivity index (χ2n) is 2.91. The van der Waals surface area contributed by atoms with Crippen molar-refractivity contribution in [3.05, 3.63) is 0 Å². The summed E-state index contributed by atoms with van der Waals surface area (Å²) in [6, 6.07) is 0. The highest BCUT2D eigenvalue weighted by Crippen LogP contribution is 2.19. The molecule has 1 aliphatic heterocycles. The standard InChI is InChI=1S/C7H11NO5/c1-13-5-3-8(7(11)12)2-4(5)6(9)10/h4-5H,2-3H2,1H3,(H,9,10)(H,11,12)/t4?,5-/m0/s1. The van der Waals surface area contributed by atoms with E-state index in [0.717, 1.165) is 4.90 Å². The molecule has 6 heteroatoms. The predicted octanol–water partition coefficient (Wildman–Crippen LogP) is -0.304. The molecule has 0 spiro atoms. The highest BCUT2D eigenvalue weighted by Gasteiger charge is 2.39. The number of aliphatic carboxylic acids is 1. The van der Waals surface area contributed by atoms with Gasteiger partial charge in [0.15, 0.2) is 0 Å². The number of likely N-dealkylation sites (tertiary alicyclic amines) is 1. The molecule has 0 saturated carbocycles. The van der Waals surface area contributed by atoms with Crippen molar-refractivity contribution in [2.45, 2.75) is 6.10 Å². The molecule has 0 aliphatic carbocycles. The van der Waals surface area contributed by atoms with Crippen molar-refractivity contribution in [2.24, 2.45) is 5.92 Å². The fourth-order valence-corrected chi connectivity index (χ4v) is 1.41. The molecule has 0 aromatic heterocycles. The van der Waals surface area contributed by atoms with Crippen LogP contribution in [0, 0.1) is 5.92 Å². The van der Waals surface area contributed by atoms with Gasteiger partial charge in [0.2, 0.25) is 0 Å². The Morgan fingerprint density at radius 3 is 2.31 bits per heavy atom. The summed E-state index contributed by atoms with van der Waals surface area (Å²) in [5.41, 5.74) is 0. The molecule has 6 nitrogen and oxygen atoms in total. The molecule has 13 heavy (non-hydrogen) atoms. The van der Waals surface area contributed by atoms with E-state index >= 15 is 0 Å². The summed E-state index contributed by atoms with van der Waals surface area (Å²) >= 11 is 0. The summed E-state index contributed by atoms with van der Waals surface area (Å²) in [6.07, 6.45) is -1.64. The van der Waals surface area contributed by atoms with Crippen molar-refractivity contribution in [1.82, 2.24) is 4.90 Å². The number of rotatable bonds is 2. The third-order valence-electron chi connectivity index (χ3n) is 2.16. The molecule has 1 fully saturated rings. The maximum atomic E-state index is 10.6. The van der Waals surface area contributed by atoms with E-state index in [-0.39, 0.29) is 13.1 Å². The topological polar surface area (TPSA) is 87.1 Å². The van der Waals surface area contributed by atoms with Gasteiger partial charge in [-0.2, -0.15) is 0 Å². The molecule has 1 amide bonds. The Labute approximate surface area is 74.7 Å². The van der Waals surface area contributed by atoms with Crippen molar-refractivity contribution < 1.29 is 24.5 Å². The first-order valence-electron chi connectivity index (χ1n) is 3.79. The molecule has 2 atom stereocenters. The minimum atomic E-state index is -1.11. The molecule has 2 N–H and O–H groups in total. The van der Waals surface area contributed by atoms with Crippen molar-refractivity contribution in [2.75, 3.05) is 20.2 Å². The fraction of sp³-hybridized carbons (Fsp3) is 0.714. The highest BCUT2D eigenvalue weighted by molar-refractivity contribution is 5.74. The van der Waals surface area contributed by atoms with Crippen molar-refractivity contribution >= 4 is 12.1 Å². The predicted molar refractivity (Wildman–Crippen MR) is 41.5 cm³/mol. The normalized spacial score (nSPS) is 27.6. The summed E-state index contributed by atoms with van der Waals surface area (Å²) in [5, 5.41) is 17.3. The molecule has 1 heterocycles. The number of carboxylic acid groups (broad SMARTS) is 2. The largest absolute Gasteiger partial charge is 0.481 e. The van der Waals surface area contributed by atoms with Gasteiger partial charge < -0.3 is 19.8 Å². The second-order valence-corrected chi connectivity index (χ2v) is 2.91. The van der Waals surface area contributed by atoms with E-state index in [1.807, 2.05) is 0 Å². The van der Waals surface area contributed by atoms with Gasteiger partial charge in [-0.25, -0.2) is 4.79 Å². The average Bonchev–Trinajstić information content (AvgIpc) is 2.47. The van der Waals surface area contributed by atoms with Crippen LogP contribution in [0.3, 0.4) is 0 Å². The van der Waals surface area contributed by atoms with E-state index < -0.39 is 24.1 Å². The summed E-state index contributed by atoms with van der Waals surface area (Å²) in [5.74, 6) is -1.77. The third-order valence-corrected chi connectivity index (χ3v) is 2.16. The Kier molecular flexibility index (Phi) is 2.72. The lowest BCUT2D eigenvalue weighted by atomic mass is 10.1. The zero-order chi connectivity index (χ0) is 10.0. The van der Waals surface area contributed by atoms with Crippen LogP contribution in [0.2, 0.25) is 0 Å². The molecular formula is C7H11NO5. The minimum absolute atomic E-state index is 0.00315. The molecule has 1 aliphatic rings. The van der Waals surface area contributed by atoms with Crippen LogP contribution in [0.15, 0.2) is 0 Å². The van der Waals surface area contributed by atoms with Crippen LogP contribution in [0.5, 0.6) is 0 Å². The molecule has 1 rings (SSSR count). The molecule has 0 aromatic carbocycles. The van der Waals surface area contributed by atoms with Gasteiger partial charge in [-0.15, -0.1) is 0 Å². The number of carbonyl (C=O) groups is 2. The fourth-order valence-electron chi connectivity index (χ4n) is 1.41. The maximum absolute atomic E-state index is 10.6. The summed E-state index contributed by atoms with van der Waals surface area (Å²) in [4.78, 5) is 22.2. The van der Waals surface area contributed by atoms with Gasteiger partial charge in [0, 0.05) is 13.7 Å². The van der Waals surface area contributed by atoms with Gasteiger partial charge in [-0.1, -0.05) is 0 Å². The lowest BCUT2D eigenvalue weighted by Crippen LogP contribution is -2.28. The van der Waals surface area contributed by atoms with E-state index in [2.05, 4.69) is 0 Å². The van der Waals surface area contributed by atoms with Crippen LogP contribution in [-0.4, -0.2) is 53.5 Å². The zero-order valence-corrected chi connectivity index (χ0v) is 7.14. The lowest BCUT2D eigenvalue weighted by molar-refractivity contribution is -0.144. The van der Waals surface area contributed by atoms with Crippen LogP contribution in [0.1, 0.15) is 0 Å². The number of hydrogen-bond donors (Lipinski definition) is 2. The van der Waals surface area contributed by atoms with Crippen LogP contribution in [-0.2, 0) is 9.53 Å². The monoisotopic (exact) mass is 189 g/mol. The van der Waals surface area contributed by atoms with E-state index in [1.54, 1.807) is 0 Å². The van der Waals surface area contributed by atoms with Gasteiger partial charge >= 0.3 is 12.1 Å². The number of ether oxygens (including phenoxy) is 1. The quantitative estimate of drug-likeness (QED) is 0.622. The van der Waals surface area contributed by atoms with Gasteiger partial charge in [0.1, 0.15) is 5.92 Å². The number of nitrogens with zero attached hydrogens (tertiary/aromatic N) is 1. The second kappa shape index (κ2) is 3.61. The van der Waals surface area contributed by atoms with Crippen LogP contribution < -0.4 is 0 Å². The van der Waals surface area contributed by atoms with Crippen molar-refractivity contribution in [3.63, 3.8) is 0 Å². The molecule has 0 aromatic rings. The summed E-state index contributed by atoms with van der Waals surface area (Å²) in [6.45, 7) is 0.131. The zero-order valence-electron chi connectivity index (χ0n) is 7.14. The molecule has 1 unspecified atom stereocenters. The Hall–Kier alpha value is -1.30. The van der Waals surface area contributed by atoms with Crippen molar-refractivity contribution in [1.29, 1.82) is 0 Å². The highest BCUT2D eigenvalue weighted by atomic mass is 16.5. The van der Waals surface area contributed by atoms with Crippen molar-refractivity contribution in [3.8, 4) is 0 Å². The van der Waals surface area contributed by atoms with Crippen LogP contribution in [0.25, 0.3) is 0 Å². The van der Waals surface area contributed by atoms with Crippen LogP contribution in [0.4, 0.5) is 4.79 Å². The summed E-state index contributed by atoms with van der Waals surface area (Å²) in [7, 11) is 1.38. The Balaban J connectivity index is 2.66. The van der Waals surface area contributed by atoms with Gasteiger partial charge in [-0.05, 0) is 0 Å². The molecule has 1 saturated heterocycles. The minimum Gasteiger partial charge on any atom is -0.481 e. The van der Waals surface area contributed by atoms with Crippen LogP contribution >= 0.6 is 0 Å². The lowest BCUT2D eigenvalue weighted by Gasteiger charge is -2.10. The number of hydrogen-bond acceptors (Lipinski definition) is 3. The average molecular weight is 189 g/mol. The number of methoxy groups -OCH3 is 1. The van der Waals surface area contributed by atoms with Gasteiger partial charge in [-0.3, -0.25) is 4.79 Å². The van der Waals surface area contributed by atoms with Gasteiger partial charge in [0.25, 0.3) is 0 Å².